The number of alkyl halides is 1. The van der Waals surface area contributed by atoms with Crippen LogP contribution in [0.5, 0.6) is 0 Å². The summed E-state index contributed by atoms with van der Waals surface area (Å²) in [4.78, 5) is 14.4. The van der Waals surface area contributed by atoms with Crippen molar-refractivity contribution in [2.45, 2.75) is 71.3 Å². The normalized spacial score (nSPS) is 23.3. The van der Waals surface area contributed by atoms with Gasteiger partial charge in [-0.25, -0.2) is 18.3 Å². The second kappa shape index (κ2) is 6.92. The van der Waals surface area contributed by atoms with Gasteiger partial charge in [0.25, 0.3) is 0 Å². The van der Waals surface area contributed by atoms with E-state index in [0.717, 1.165) is 9.26 Å². The molecule has 3 heterocycles. The number of hydrogen-bond acceptors (Lipinski definition) is 3. The van der Waals surface area contributed by atoms with E-state index in [0.29, 0.717) is 35.3 Å². The molecule has 1 saturated heterocycles. The Morgan fingerprint density at radius 2 is 1.86 bits per heavy atom. The lowest BCUT2D eigenvalue weighted by molar-refractivity contribution is 0.000971. The SMILES string of the molecule is Cc1cc(-n2nc3c(c2I)[C@H]2CC[C@@H]([C@@H]3F)N2C(=O)OC(C)(C)C)cc(C)c1F. The molecular weight excluding hydrogens is 491 g/mol. The molecule has 3 atom stereocenters. The van der Waals surface area contributed by atoms with Crippen molar-refractivity contribution in [3.63, 3.8) is 0 Å². The summed E-state index contributed by atoms with van der Waals surface area (Å²) in [6.45, 7) is 8.81. The standard InChI is InChI=1S/C21H24F2IN3O2/c1-10-8-12(9-11(2)16(10)22)27-19(24)15-13-6-7-14(17(23)18(15)25-27)26(13)20(28)29-21(3,4)5/h8-9,13-14,17H,6-7H2,1-5H3/t13-,14+,17+/m1/s1. The highest BCUT2D eigenvalue weighted by molar-refractivity contribution is 14.1. The van der Waals surface area contributed by atoms with E-state index in [1.54, 1.807) is 56.3 Å². The number of rotatable bonds is 1. The number of ether oxygens (including phenoxy) is 1. The Morgan fingerprint density at radius 3 is 2.45 bits per heavy atom. The van der Waals surface area contributed by atoms with E-state index in [-0.39, 0.29) is 11.9 Å². The first-order valence-electron chi connectivity index (χ1n) is 9.70. The molecule has 8 heteroatoms. The number of carbonyl (C=O) groups excluding carboxylic acids is 1. The molecule has 1 fully saturated rings. The molecule has 2 aliphatic rings. The monoisotopic (exact) mass is 515 g/mol. The van der Waals surface area contributed by atoms with E-state index in [9.17, 15) is 9.18 Å². The first-order chi connectivity index (χ1) is 13.5. The average Bonchev–Trinajstić information content (AvgIpc) is 3.15. The van der Waals surface area contributed by atoms with Crippen LogP contribution < -0.4 is 0 Å². The van der Waals surface area contributed by atoms with Crippen LogP contribution >= 0.6 is 22.6 Å². The molecule has 4 rings (SSSR count). The highest BCUT2D eigenvalue weighted by Gasteiger charge is 2.52. The molecule has 5 nitrogen and oxygen atoms in total. The minimum absolute atomic E-state index is 0.251. The molecular formula is C21H24F2IN3O2. The maximum Gasteiger partial charge on any atom is 0.411 e. The van der Waals surface area contributed by atoms with Crippen LogP contribution in [-0.2, 0) is 4.74 Å². The van der Waals surface area contributed by atoms with Crippen LogP contribution in [0.1, 0.15) is 68.2 Å². The summed E-state index contributed by atoms with van der Waals surface area (Å²) in [5.74, 6) is -0.251. The summed E-state index contributed by atoms with van der Waals surface area (Å²) >= 11 is 2.14. The quantitative estimate of drug-likeness (QED) is 0.458. The maximum atomic E-state index is 15.5. The van der Waals surface area contributed by atoms with E-state index in [4.69, 9.17) is 4.74 Å². The zero-order valence-electron chi connectivity index (χ0n) is 17.1. The van der Waals surface area contributed by atoms with Gasteiger partial charge in [-0.1, -0.05) is 0 Å². The Labute approximate surface area is 182 Å². The molecule has 0 saturated carbocycles. The highest BCUT2D eigenvalue weighted by Crippen LogP contribution is 2.51. The second-order valence-electron chi connectivity index (χ2n) is 8.84. The number of aryl methyl sites for hydroxylation is 2. The summed E-state index contributed by atoms with van der Waals surface area (Å²) in [6, 6.07) is 2.58. The summed E-state index contributed by atoms with van der Waals surface area (Å²) in [6.07, 6.45) is -0.628. The third-order valence-electron chi connectivity index (χ3n) is 5.52. The van der Waals surface area contributed by atoms with Crippen molar-refractivity contribution < 1.29 is 18.3 Å². The molecule has 0 aliphatic carbocycles. The number of nitrogens with zero attached hydrogens (tertiary/aromatic N) is 3. The third-order valence-corrected chi connectivity index (χ3v) is 6.56. The fraction of sp³-hybridized carbons (Fsp3) is 0.524. The summed E-state index contributed by atoms with van der Waals surface area (Å²) in [5, 5.41) is 4.56. The van der Waals surface area contributed by atoms with Gasteiger partial charge in [0, 0.05) is 5.56 Å². The minimum Gasteiger partial charge on any atom is -0.444 e. The lowest BCUT2D eigenvalue weighted by Gasteiger charge is -2.37. The number of benzene rings is 1. The predicted octanol–water partition coefficient (Wildman–Crippen LogP) is 5.70. The van der Waals surface area contributed by atoms with Gasteiger partial charge in [-0.05, 0) is 93.3 Å². The van der Waals surface area contributed by atoms with Crippen LogP contribution in [0.25, 0.3) is 5.69 Å². The number of fused-ring (bicyclic) bond motifs is 4. The molecule has 2 bridgehead atoms. The van der Waals surface area contributed by atoms with Gasteiger partial charge >= 0.3 is 6.09 Å². The molecule has 1 amide bonds. The highest BCUT2D eigenvalue weighted by atomic mass is 127. The molecule has 0 spiro atoms. The van der Waals surface area contributed by atoms with Crippen molar-refractivity contribution >= 4 is 28.7 Å². The van der Waals surface area contributed by atoms with E-state index >= 15 is 4.39 Å². The van der Waals surface area contributed by atoms with Crippen molar-refractivity contribution in [2.75, 3.05) is 0 Å². The molecule has 0 N–H and O–H groups in total. The van der Waals surface area contributed by atoms with E-state index < -0.39 is 23.9 Å². The van der Waals surface area contributed by atoms with Crippen molar-refractivity contribution in [2.24, 2.45) is 0 Å². The zero-order chi connectivity index (χ0) is 21.2. The lowest BCUT2D eigenvalue weighted by Crippen LogP contribution is -2.45. The van der Waals surface area contributed by atoms with Gasteiger partial charge in [0.05, 0.1) is 17.8 Å². The number of halogens is 3. The van der Waals surface area contributed by atoms with Gasteiger partial charge < -0.3 is 4.74 Å². The van der Waals surface area contributed by atoms with Crippen LogP contribution in [0.2, 0.25) is 0 Å². The molecule has 2 aromatic rings. The number of amides is 1. The van der Waals surface area contributed by atoms with Gasteiger partial charge in [0.2, 0.25) is 0 Å². The van der Waals surface area contributed by atoms with E-state index in [1.165, 1.54) is 0 Å². The summed E-state index contributed by atoms with van der Waals surface area (Å²) in [7, 11) is 0. The van der Waals surface area contributed by atoms with E-state index in [1.807, 2.05) is 0 Å². The minimum atomic E-state index is -1.38. The van der Waals surface area contributed by atoms with Gasteiger partial charge in [-0.3, -0.25) is 4.90 Å². The lowest BCUT2D eigenvalue weighted by atomic mass is 9.99. The average molecular weight is 515 g/mol. The van der Waals surface area contributed by atoms with Crippen LogP contribution in [0.4, 0.5) is 13.6 Å². The molecule has 2 aliphatic heterocycles. The molecule has 29 heavy (non-hydrogen) atoms. The third kappa shape index (κ3) is 3.33. The number of carbonyl (C=O) groups is 1. The predicted molar refractivity (Wildman–Crippen MR) is 113 cm³/mol. The Bertz CT molecular complexity index is 976. The van der Waals surface area contributed by atoms with Gasteiger partial charge in [-0.15, -0.1) is 0 Å². The number of hydrogen-bond donors (Lipinski definition) is 0. The molecule has 0 radical (unpaired) electrons. The maximum absolute atomic E-state index is 15.5. The fourth-order valence-electron chi connectivity index (χ4n) is 4.32. The first kappa shape index (κ1) is 20.6. The topological polar surface area (TPSA) is 47.4 Å². The Balaban J connectivity index is 1.79. The fourth-order valence-corrected chi connectivity index (χ4v) is 5.34. The van der Waals surface area contributed by atoms with Gasteiger partial charge in [0.1, 0.15) is 20.8 Å². The molecule has 1 aromatic carbocycles. The first-order valence-corrected chi connectivity index (χ1v) is 10.8. The van der Waals surface area contributed by atoms with E-state index in [2.05, 4.69) is 27.7 Å². The van der Waals surface area contributed by atoms with Gasteiger partial charge in [0.15, 0.2) is 6.17 Å². The van der Waals surface area contributed by atoms with Crippen LogP contribution in [-0.4, -0.2) is 32.4 Å². The Kier molecular flexibility index (Phi) is 4.91. The largest absolute Gasteiger partial charge is 0.444 e. The smallest absolute Gasteiger partial charge is 0.411 e. The van der Waals surface area contributed by atoms with Gasteiger partial charge in [-0.2, -0.15) is 5.10 Å². The molecule has 156 valence electrons. The summed E-state index contributed by atoms with van der Waals surface area (Å²) < 4.78 is 37.5. The van der Waals surface area contributed by atoms with Crippen LogP contribution in [0.3, 0.4) is 0 Å². The van der Waals surface area contributed by atoms with Crippen molar-refractivity contribution in [3.05, 3.63) is 44.0 Å². The number of aromatic nitrogens is 2. The van der Waals surface area contributed by atoms with Crippen molar-refractivity contribution in [1.29, 1.82) is 0 Å². The van der Waals surface area contributed by atoms with Crippen LogP contribution in [0, 0.1) is 23.4 Å². The molecule has 0 unspecified atom stereocenters. The zero-order valence-corrected chi connectivity index (χ0v) is 19.3. The molecule has 1 aromatic heterocycles. The van der Waals surface area contributed by atoms with Crippen molar-refractivity contribution in [1.82, 2.24) is 14.7 Å². The Morgan fingerprint density at radius 1 is 1.24 bits per heavy atom. The van der Waals surface area contributed by atoms with Crippen LogP contribution in [0.15, 0.2) is 12.1 Å². The summed E-state index contributed by atoms with van der Waals surface area (Å²) in [5.41, 5.74) is 2.17. The van der Waals surface area contributed by atoms with Crippen molar-refractivity contribution in [3.8, 4) is 5.69 Å². The Hall–Kier alpha value is -1.71. The second-order valence-corrected chi connectivity index (χ2v) is 9.87.